The molecular formula is C22H35Cl2N5O3. The minimum absolute atomic E-state index is 0. The number of nitrogens with zero attached hydrogens (tertiary/aromatic N) is 3. The lowest BCUT2D eigenvalue weighted by molar-refractivity contribution is -0.138. The lowest BCUT2D eigenvalue weighted by Crippen LogP contribution is -2.48. The number of anilines is 1. The van der Waals surface area contributed by atoms with E-state index < -0.39 is 0 Å². The van der Waals surface area contributed by atoms with Gasteiger partial charge in [0.2, 0.25) is 11.9 Å². The SMILES string of the molecule is Cl.Cl.N[C@H]1CCC[C@@H](C(=O)N2CCC3(CCc4c3nc(N3CCOCC3)[nH]c4=O)CC2)C1. The number of morpholine rings is 1. The van der Waals surface area contributed by atoms with Crippen LogP contribution < -0.4 is 16.2 Å². The number of aromatic amines is 1. The summed E-state index contributed by atoms with van der Waals surface area (Å²) in [5, 5.41) is 0. The van der Waals surface area contributed by atoms with E-state index in [0.29, 0.717) is 19.2 Å². The van der Waals surface area contributed by atoms with Crippen LogP contribution in [0.1, 0.15) is 56.2 Å². The van der Waals surface area contributed by atoms with Crippen LogP contribution in [-0.2, 0) is 21.4 Å². The summed E-state index contributed by atoms with van der Waals surface area (Å²) in [6.07, 6.45) is 7.41. The van der Waals surface area contributed by atoms with Crippen LogP contribution in [-0.4, -0.2) is 66.2 Å². The molecule has 3 N–H and O–H groups in total. The second kappa shape index (κ2) is 10.3. The highest BCUT2D eigenvalue weighted by molar-refractivity contribution is 5.85. The fourth-order valence-corrected chi connectivity index (χ4v) is 5.92. The molecule has 0 aromatic carbocycles. The number of H-pyrrole nitrogens is 1. The Morgan fingerprint density at radius 2 is 1.81 bits per heavy atom. The van der Waals surface area contributed by atoms with E-state index in [4.69, 9.17) is 15.5 Å². The van der Waals surface area contributed by atoms with E-state index in [0.717, 1.165) is 88.8 Å². The number of rotatable bonds is 2. The van der Waals surface area contributed by atoms with Crippen molar-refractivity contribution in [3.63, 3.8) is 0 Å². The molecule has 180 valence electrons. The molecular weight excluding hydrogens is 453 g/mol. The number of amides is 1. The van der Waals surface area contributed by atoms with E-state index in [9.17, 15) is 9.59 Å². The zero-order valence-corrected chi connectivity index (χ0v) is 20.1. The van der Waals surface area contributed by atoms with Gasteiger partial charge in [-0.15, -0.1) is 24.8 Å². The van der Waals surface area contributed by atoms with Gasteiger partial charge in [0.25, 0.3) is 5.56 Å². The van der Waals surface area contributed by atoms with Crippen molar-refractivity contribution in [2.45, 2.75) is 62.8 Å². The number of halogens is 2. The van der Waals surface area contributed by atoms with Gasteiger partial charge in [-0.05, 0) is 44.9 Å². The Morgan fingerprint density at radius 1 is 1.09 bits per heavy atom. The fraction of sp³-hybridized carbons (Fsp3) is 0.773. The molecule has 1 saturated carbocycles. The van der Waals surface area contributed by atoms with Gasteiger partial charge in [-0.25, -0.2) is 4.98 Å². The standard InChI is InChI=1S/C22H33N5O3.2ClH/c23-16-3-1-2-15(14-16)20(29)26-8-6-22(7-9-26)5-4-17-18(22)24-21(25-19(17)28)27-10-12-30-13-11-27;;/h15-16H,1-14,23H2,(H,24,25,28);2*1H/t15-,16+;;/m1../s1. The maximum absolute atomic E-state index is 13.0. The maximum Gasteiger partial charge on any atom is 0.255 e. The molecule has 2 aliphatic carbocycles. The highest BCUT2D eigenvalue weighted by Gasteiger charge is 2.45. The first-order valence-corrected chi connectivity index (χ1v) is 11.6. The number of hydrogen-bond donors (Lipinski definition) is 2. The van der Waals surface area contributed by atoms with E-state index in [1.54, 1.807) is 0 Å². The maximum atomic E-state index is 13.0. The molecule has 5 rings (SSSR count). The van der Waals surface area contributed by atoms with E-state index >= 15 is 0 Å². The van der Waals surface area contributed by atoms with Gasteiger partial charge in [-0.2, -0.15) is 0 Å². The third-order valence-electron chi connectivity index (χ3n) is 7.77. The van der Waals surface area contributed by atoms with E-state index in [1.165, 1.54) is 0 Å². The Hall–Kier alpha value is -1.35. The Bertz CT molecular complexity index is 866. The monoisotopic (exact) mass is 487 g/mol. The summed E-state index contributed by atoms with van der Waals surface area (Å²) in [5.74, 6) is 1.05. The van der Waals surface area contributed by atoms with Crippen molar-refractivity contribution in [1.82, 2.24) is 14.9 Å². The highest BCUT2D eigenvalue weighted by Crippen LogP contribution is 2.45. The fourth-order valence-electron chi connectivity index (χ4n) is 5.92. The van der Waals surface area contributed by atoms with Crippen molar-refractivity contribution >= 4 is 36.7 Å². The normalized spacial score (nSPS) is 26.8. The number of aromatic nitrogens is 2. The van der Waals surface area contributed by atoms with Crippen molar-refractivity contribution in [2.75, 3.05) is 44.3 Å². The summed E-state index contributed by atoms with van der Waals surface area (Å²) in [7, 11) is 0. The predicted octanol–water partition coefficient (Wildman–Crippen LogP) is 1.77. The highest BCUT2D eigenvalue weighted by atomic mass is 35.5. The van der Waals surface area contributed by atoms with E-state index in [1.807, 2.05) is 4.90 Å². The lowest BCUT2D eigenvalue weighted by Gasteiger charge is -2.41. The molecule has 0 radical (unpaired) electrons. The first-order valence-electron chi connectivity index (χ1n) is 11.6. The zero-order chi connectivity index (χ0) is 20.7. The van der Waals surface area contributed by atoms with Crippen molar-refractivity contribution in [1.29, 1.82) is 0 Å². The quantitative estimate of drug-likeness (QED) is 0.658. The smallest absolute Gasteiger partial charge is 0.255 e. The van der Waals surface area contributed by atoms with Gasteiger partial charge < -0.3 is 20.3 Å². The first-order chi connectivity index (χ1) is 14.6. The number of nitrogens with one attached hydrogen (secondary N) is 1. The molecule has 3 heterocycles. The van der Waals surface area contributed by atoms with Gasteiger partial charge in [-0.1, -0.05) is 6.42 Å². The first kappa shape index (κ1) is 25.3. The Labute approximate surface area is 201 Å². The van der Waals surface area contributed by atoms with Crippen LogP contribution in [0.15, 0.2) is 4.79 Å². The average Bonchev–Trinajstić information content (AvgIpc) is 3.13. The summed E-state index contributed by atoms with van der Waals surface area (Å²) in [5.41, 5.74) is 7.89. The van der Waals surface area contributed by atoms with Gasteiger partial charge in [0, 0.05) is 49.1 Å². The minimum Gasteiger partial charge on any atom is -0.378 e. The molecule has 4 aliphatic rings. The Kier molecular flexibility index (Phi) is 8.12. The molecule has 1 aromatic rings. The molecule has 8 nitrogen and oxygen atoms in total. The molecule has 2 aliphatic heterocycles. The largest absolute Gasteiger partial charge is 0.378 e. The summed E-state index contributed by atoms with van der Waals surface area (Å²) in [4.78, 5) is 38.0. The number of fused-ring (bicyclic) bond motifs is 2. The topological polar surface area (TPSA) is 105 Å². The summed E-state index contributed by atoms with van der Waals surface area (Å²) < 4.78 is 5.44. The zero-order valence-electron chi connectivity index (χ0n) is 18.5. The second-order valence-electron chi connectivity index (χ2n) is 9.55. The van der Waals surface area contributed by atoms with Crippen LogP contribution in [0.4, 0.5) is 5.95 Å². The molecule has 2 atom stereocenters. The predicted molar refractivity (Wildman–Crippen MR) is 128 cm³/mol. The third-order valence-corrected chi connectivity index (χ3v) is 7.77. The summed E-state index contributed by atoms with van der Waals surface area (Å²) >= 11 is 0. The van der Waals surface area contributed by atoms with Gasteiger partial charge in [0.05, 0.1) is 18.9 Å². The van der Waals surface area contributed by atoms with Crippen molar-refractivity contribution < 1.29 is 9.53 Å². The van der Waals surface area contributed by atoms with Crippen LogP contribution >= 0.6 is 24.8 Å². The van der Waals surface area contributed by atoms with Gasteiger partial charge in [0.1, 0.15) is 0 Å². The van der Waals surface area contributed by atoms with Crippen LogP contribution in [0.25, 0.3) is 0 Å². The number of carbonyl (C=O) groups is 1. The summed E-state index contributed by atoms with van der Waals surface area (Å²) in [6.45, 7) is 4.33. The van der Waals surface area contributed by atoms with Crippen molar-refractivity contribution in [2.24, 2.45) is 11.7 Å². The lowest BCUT2D eigenvalue weighted by atomic mass is 9.75. The minimum atomic E-state index is -0.0651. The number of likely N-dealkylation sites (tertiary alicyclic amines) is 1. The Morgan fingerprint density at radius 3 is 2.50 bits per heavy atom. The molecule has 1 amide bonds. The second-order valence-corrected chi connectivity index (χ2v) is 9.55. The molecule has 1 aromatic heterocycles. The van der Waals surface area contributed by atoms with E-state index in [-0.39, 0.29) is 53.7 Å². The van der Waals surface area contributed by atoms with Crippen LogP contribution in [0.2, 0.25) is 0 Å². The summed E-state index contributed by atoms with van der Waals surface area (Å²) in [6, 6.07) is 0.167. The number of piperidine rings is 1. The molecule has 32 heavy (non-hydrogen) atoms. The molecule has 0 bridgehead atoms. The van der Waals surface area contributed by atoms with Gasteiger partial charge in [-0.3, -0.25) is 14.6 Å². The molecule has 2 saturated heterocycles. The number of nitrogens with two attached hydrogens (primary N) is 1. The number of hydrogen-bond acceptors (Lipinski definition) is 6. The van der Waals surface area contributed by atoms with Gasteiger partial charge >= 0.3 is 0 Å². The molecule has 0 unspecified atom stereocenters. The van der Waals surface area contributed by atoms with Crippen molar-refractivity contribution in [3.8, 4) is 0 Å². The molecule has 10 heteroatoms. The number of ether oxygens (including phenoxy) is 1. The van der Waals surface area contributed by atoms with Gasteiger partial charge in [0.15, 0.2) is 0 Å². The van der Waals surface area contributed by atoms with E-state index in [2.05, 4.69) is 9.88 Å². The number of carbonyl (C=O) groups excluding carboxylic acids is 1. The molecule has 1 spiro atoms. The Balaban J connectivity index is 0.00000144. The third kappa shape index (κ3) is 4.65. The average molecular weight is 488 g/mol. The van der Waals surface area contributed by atoms with Crippen LogP contribution in [0.5, 0.6) is 0 Å². The van der Waals surface area contributed by atoms with Crippen molar-refractivity contribution in [3.05, 3.63) is 21.6 Å². The van der Waals surface area contributed by atoms with Crippen LogP contribution in [0, 0.1) is 5.92 Å². The van der Waals surface area contributed by atoms with Crippen LogP contribution in [0.3, 0.4) is 0 Å². The molecule has 3 fully saturated rings.